The van der Waals surface area contributed by atoms with Crippen LogP contribution in [-0.2, 0) is 16.1 Å². The number of aromatic nitrogens is 2. The molecule has 31 heavy (non-hydrogen) atoms. The lowest BCUT2D eigenvalue weighted by Crippen LogP contribution is -2.41. The average Bonchev–Trinajstić information content (AvgIpc) is 3.44. The second-order valence-electron chi connectivity index (χ2n) is 6.90. The van der Waals surface area contributed by atoms with Crippen molar-refractivity contribution in [2.75, 3.05) is 5.32 Å². The first-order chi connectivity index (χ1) is 14.9. The summed E-state index contributed by atoms with van der Waals surface area (Å²) in [6, 6.07) is 8.83. The number of amides is 2. The Balaban J connectivity index is 1.41. The third-order valence-electron chi connectivity index (χ3n) is 4.75. The molecule has 0 saturated carbocycles. The summed E-state index contributed by atoms with van der Waals surface area (Å²) in [5.41, 5.74) is 0.587. The van der Waals surface area contributed by atoms with Gasteiger partial charge >= 0.3 is 6.61 Å². The van der Waals surface area contributed by atoms with Crippen LogP contribution in [-0.4, -0.2) is 38.7 Å². The van der Waals surface area contributed by atoms with Gasteiger partial charge in [-0.15, -0.1) is 0 Å². The molecule has 1 aromatic carbocycles. The van der Waals surface area contributed by atoms with Crippen LogP contribution >= 0.6 is 11.5 Å². The van der Waals surface area contributed by atoms with E-state index in [0.29, 0.717) is 23.6 Å². The van der Waals surface area contributed by atoms with Crippen LogP contribution in [0.15, 0.2) is 40.8 Å². The number of alkyl halides is 2. The fraction of sp³-hybridized carbons (Fsp3) is 0.300. The number of furan rings is 1. The molecule has 1 unspecified atom stereocenters. The first-order valence-corrected chi connectivity index (χ1v) is 10.2. The number of nitrogens with one attached hydrogen (secondary N) is 1. The maximum atomic E-state index is 12.8. The van der Waals surface area contributed by atoms with E-state index in [2.05, 4.69) is 19.4 Å². The highest BCUT2D eigenvalue weighted by Crippen LogP contribution is 2.26. The molecule has 0 spiro atoms. The zero-order valence-electron chi connectivity index (χ0n) is 16.4. The minimum atomic E-state index is -2.90. The van der Waals surface area contributed by atoms with Crippen molar-refractivity contribution in [2.45, 2.75) is 39.0 Å². The van der Waals surface area contributed by atoms with Crippen LogP contribution in [0.5, 0.6) is 5.75 Å². The van der Waals surface area contributed by atoms with E-state index in [1.54, 1.807) is 24.3 Å². The summed E-state index contributed by atoms with van der Waals surface area (Å²) in [6.07, 6.45) is 0.688. The van der Waals surface area contributed by atoms with Crippen molar-refractivity contribution >= 4 is 28.5 Å². The Bertz CT molecular complexity index is 1080. The number of likely N-dealkylation sites (tertiary alicyclic amines) is 1. The second-order valence-corrected chi connectivity index (χ2v) is 7.66. The summed E-state index contributed by atoms with van der Waals surface area (Å²) < 4.78 is 38.5. The molecule has 3 heterocycles. The molecule has 1 aliphatic heterocycles. The summed E-state index contributed by atoms with van der Waals surface area (Å²) in [5, 5.41) is 2.99. The highest BCUT2D eigenvalue weighted by Gasteiger charge is 2.36. The molecule has 2 aromatic heterocycles. The SMILES string of the molecule is Cc1ccc(CN2C(=O)CCC2C(=O)Nc2nc(-c3ccc(OC(F)F)cc3)ns2)o1. The molecule has 0 bridgehead atoms. The highest BCUT2D eigenvalue weighted by atomic mass is 32.1. The van der Waals surface area contributed by atoms with Crippen LogP contribution in [0.3, 0.4) is 0 Å². The van der Waals surface area contributed by atoms with Gasteiger partial charge in [-0.2, -0.15) is 18.1 Å². The Kier molecular flexibility index (Phi) is 5.94. The van der Waals surface area contributed by atoms with Gasteiger partial charge in [0.05, 0.1) is 6.54 Å². The molecule has 1 aliphatic rings. The number of nitrogens with zero attached hydrogens (tertiary/aromatic N) is 3. The van der Waals surface area contributed by atoms with Crippen LogP contribution in [0.4, 0.5) is 13.9 Å². The van der Waals surface area contributed by atoms with Crippen molar-refractivity contribution in [3.8, 4) is 17.1 Å². The number of benzene rings is 1. The van der Waals surface area contributed by atoms with Gasteiger partial charge in [-0.25, -0.2) is 0 Å². The van der Waals surface area contributed by atoms with Gasteiger partial charge in [0, 0.05) is 23.5 Å². The quantitative estimate of drug-likeness (QED) is 0.590. The third kappa shape index (κ3) is 4.88. The third-order valence-corrected chi connectivity index (χ3v) is 5.38. The first kappa shape index (κ1) is 20.9. The van der Waals surface area contributed by atoms with Crippen LogP contribution in [0.1, 0.15) is 24.4 Å². The van der Waals surface area contributed by atoms with Gasteiger partial charge in [-0.1, -0.05) is 0 Å². The average molecular weight is 448 g/mol. The van der Waals surface area contributed by atoms with E-state index in [4.69, 9.17) is 4.42 Å². The van der Waals surface area contributed by atoms with E-state index in [1.807, 2.05) is 6.92 Å². The summed E-state index contributed by atoms with van der Waals surface area (Å²) in [4.78, 5) is 30.8. The number of carbonyl (C=O) groups excluding carboxylic acids is 2. The van der Waals surface area contributed by atoms with Gasteiger partial charge in [0.25, 0.3) is 0 Å². The van der Waals surface area contributed by atoms with E-state index in [9.17, 15) is 18.4 Å². The molecule has 1 atom stereocenters. The van der Waals surface area contributed by atoms with Gasteiger partial charge in [-0.05, 0) is 49.7 Å². The van der Waals surface area contributed by atoms with Crippen LogP contribution in [0, 0.1) is 6.92 Å². The van der Waals surface area contributed by atoms with Crippen molar-refractivity contribution in [1.82, 2.24) is 14.3 Å². The first-order valence-electron chi connectivity index (χ1n) is 9.43. The topological polar surface area (TPSA) is 97.6 Å². The van der Waals surface area contributed by atoms with E-state index < -0.39 is 12.7 Å². The number of halogens is 2. The molecule has 1 saturated heterocycles. The molecule has 2 amide bonds. The summed E-state index contributed by atoms with van der Waals surface area (Å²) in [6.45, 7) is -0.866. The van der Waals surface area contributed by atoms with Crippen molar-refractivity contribution in [1.29, 1.82) is 0 Å². The zero-order valence-corrected chi connectivity index (χ0v) is 17.2. The number of hydrogen-bond donors (Lipinski definition) is 1. The van der Waals surface area contributed by atoms with Gasteiger partial charge in [0.2, 0.25) is 16.9 Å². The predicted octanol–water partition coefficient (Wildman–Crippen LogP) is 3.84. The molecule has 1 fully saturated rings. The number of rotatable bonds is 7. The monoisotopic (exact) mass is 448 g/mol. The van der Waals surface area contributed by atoms with Crippen molar-refractivity contribution in [2.24, 2.45) is 0 Å². The lowest BCUT2D eigenvalue weighted by atomic mass is 10.2. The fourth-order valence-electron chi connectivity index (χ4n) is 3.31. The largest absolute Gasteiger partial charge is 0.464 e. The summed E-state index contributed by atoms with van der Waals surface area (Å²) in [7, 11) is 0. The van der Waals surface area contributed by atoms with Gasteiger partial charge < -0.3 is 14.1 Å². The molecular formula is C20H18F2N4O4S. The van der Waals surface area contributed by atoms with Crippen LogP contribution in [0.25, 0.3) is 11.4 Å². The zero-order chi connectivity index (χ0) is 22.0. The Hall–Kier alpha value is -3.34. The van der Waals surface area contributed by atoms with E-state index in [-0.39, 0.29) is 35.7 Å². The molecule has 0 radical (unpaired) electrons. The molecule has 4 rings (SSSR count). The molecule has 3 aromatic rings. The molecule has 1 N–H and O–H groups in total. The van der Waals surface area contributed by atoms with Crippen LogP contribution in [0.2, 0.25) is 0 Å². The van der Waals surface area contributed by atoms with E-state index in [0.717, 1.165) is 17.3 Å². The minimum Gasteiger partial charge on any atom is -0.464 e. The Labute approximate surface area is 180 Å². The summed E-state index contributed by atoms with van der Waals surface area (Å²) in [5.74, 6) is 1.26. The van der Waals surface area contributed by atoms with Gasteiger partial charge in [0.15, 0.2) is 5.82 Å². The van der Waals surface area contributed by atoms with Crippen molar-refractivity contribution < 1.29 is 27.5 Å². The highest BCUT2D eigenvalue weighted by molar-refractivity contribution is 7.10. The maximum absolute atomic E-state index is 12.8. The lowest BCUT2D eigenvalue weighted by molar-refractivity contribution is -0.134. The normalized spacial score (nSPS) is 16.2. The van der Waals surface area contributed by atoms with Crippen molar-refractivity contribution in [3.63, 3.8) is 0 Å². The Morgan fingerprint density at radius 3 is 2.77 bits per heavy atom. The van der Waals surface area contributed by atoms with E-state index >= 15 is 0 Å². The molecule has 0 aliphatic carbocycles. The Morgan fingerprint density at radius 1 is 1.32 bits per heavy atom. The van der Waals surface area contributed by atoms with Gasteiger partial charge in [0.1, 0.15) is 23.3 Å². The maximum Gasteiger partial charge on any atom is 0.387 e. The second kappa shape index (κ2) is 8.80. The van der Waals surface area contributed by atoms with Gasteiger partial charge in [-0.3, -0.25) is 14.9 Å². The van der Waals surface area contributed by atoms with Crippen LogP contribution < -0.4 is 10.1 Å². The smallest absolute Gasteiger partial charge is 0.387 e. The number of aryl methyl sites for hydroxylation is 1. The number of anilines is 1. The summed E-state index contributed by atoms with van der Waals surface area (Å²) >= 11 is 0.989. The Morgan fingerprint density at radius 2 is 2.10 bits per heavy atom. The molecular weight excluding hydrogens is 430 g/mol. The lowest BCUT2D eigenvalue weighted by Gasteiger charge is -2.22. The molecule has 162 valence electrons. The fourth-order valence-corrected chi connectivity index (χ4v) is 3.90. The number of carbonyl (C=O) groups is 2. The van der Waals surface area contributed by atoms with E-state index in [1.165, 1.54) is 17.0 Å². The minimum absolute atomic E-state index is 0.0280. The predicted molar refractivity (Wildman–Crippen MR) is 108 cm³/mol. The number of hydrogen-bond acceptors (Lipinski definition) is 7. The molecule has 8 nitrogen and oxygen atoms in total. The molecule has 11 heteroatoms. The number of ether oxygens (including phenoxy) is 1. The van der Waals surface area contributed by atoms with Crippen molar-refractivity contribution in [3.05, 3.63) is 47.9 Å². The standard InChI is InChI=1S/C20H18F2N4O4S/c1-11-2-5-14(29-11)10-26-15(8-9-16(26)27)18(28)24-20-23-17(25-31-20)12-3-6-13(7-4-12)30-19(21)22/h2-7,15,19H,8-10H2,1H3,(H,23,24,25,28).